The molecule has 0 radical (unpaired) electrons. The molecule has 0 aliphatic carbocycles. The lowest BCUT2D eigenvalue weighted by Crippen LogP contribution is -2.11. The standard InChI is InChI=1S/C28H27OS.C27H25OS.C26H23OS/c1-28(2,3)22-14-18-26(19-15-22)30(25-12-8-5-9-13-25)27-20-16-24(17-21-27)29-23-10-6-4-7-11-23;1-20-4-10-23(11-5-20)28-24-12-18-27(19-13-24)29(25-14-6-21(2)7-15-25)26-16-8-22(3)9-17-26;1-20-8-14-24(15-9-20)28(25-16-10-21(2)11-17-25)26-18-12-23(13-19-26)27-22-6-4-3-5-7-22/h4-21H,1-3H3;4-19H,1-3H3;3-19H,1-2H3/q3*+1. The van der Waals surface area contributed by atoms with E-state index in [1.165, 1.54) is 77.4 Å². The van der Waals surface area contributed by atoms with E-state index in [2.05, 4.69) is 292 Å². The van der Waals surface area contributed by atoms with Gasteiger partial charge in [-0.25, -0.2) is 0 Å². The Morgan fingerprint density at radius 2 is 0.368 bits per heavy atom. The van der Waals surface area contributed by atoms with Crippen LogP contribution in [0.15, 0.2) is 353 Å². The van der Waals surface area contributed by atoms with Gasteiger partial charge in [-0.1, -0.05) is 176 Å². The number of hydrogen-bond donors (Lipinski definition) is 0. The highest BCUT2D eigenvalue weighted by molar-refractivity contribution is 7.97. The average Bonchev–Trinajstić information content (AvgIpc) is 3.15. The summed E-state index contributed by atoms with van der Waals surface area (Å²) in [4.78, 5) is 11.8. The molecule has 12 rings (SSSR count). The molecule has 0 saturated heterocycles. The van der Waals surface area contributed by atoms with Crippen molar-refractivity contribution >= 4 is 32.7 Å². The summed E-state index contributed by atoms with van der Waals surface area (Å²) in [6.07, 6.45) is 0. The molecule has 0 heterocycles. The molecule has 1 unspecified atom stereocenters. The smallest absolute Gasteiger partial charge is 0.166 e. The maximum atomic E-state index is 6.01. The van der Waals surface area contributed by atoms with Crippen molar-refractivity contribution in [2.75, 3.05) is 0 Å². The van der Waals surface area contributed by atoms with Crippen molar-refractivity contribution < 1.29 is 14.2 Å². The molecule has 432 valence electrons. The summed E-state index contributed by atoms with van der Waals surface area (Å²) in [7, 11) is -0.446. The molecule has 0 fully saturated rings. The minimum atomic E-state index is -0.160. The first-order valence-corrected chi connectivity index (χ1v) is 33.1. The zero-order valence-corrected chi connectivity index (χ0v) is 53.3. The van der Waals surface area contributed by atoms with Crippen LogP contribution in [0.2, 0.25) is 0 Å². The molecule has 12 aromatic rings. The summed E-state index contributed by atoms with van der Waals surface area (Å²) in [5, 5.41) is 0. The monoisotopic (exact) mass is 1190 g/mol. The predicted molar refractivity (Wildman–Crippen MR) is 366 cm³/mol. The van der Waals surface area contributed by atoms with Crippen molar-refractivity contribution in [1.29, 1.82) is 0 Å². The highest BCUT2D eigenvalue weighted by Gasteiger charge is 2.31. The number of para-hydroxylation sites is 2. The maximum Gasteiger partial charge on any atom is 0.166 e. The molecule has 0 amide bonds. The van der Waals surface area contributed by atoms with Crippen LogP contribution in [0.25, 0.3) is 0 Å². The first-order chi connectivity index (χ1) is 42.3. The molecule has 1 atom stereocenters. The first-order valence-electron chi connectivity index (χ1n) is 29.4. The maximum absolute atomic E-state index is 6.01. The Balaban J connectivity index is 0.000000145. The fourth-order valence-corrected chi connectivity index (χ4v) is 15.6. The molecule has 0 N–H and O–H groups in total. The fraction of sp³-hybridized carbons (Fsp3) is 0.111. The summed E-state index contributed by atoms with van der Waals surface area (Å²) in [5.41, 5.74) is 7.86. The third-order valence-electron chi connectivity index (χ3n) is 14.4. The van der Waals surface area contributed by atoms with E-state index >= 15 is 0 Å². The van der Waals surface area contributed by atoms with Gasteiger partial charge in [-0.3, -0.25) is 0 Å². The molecule has 0 saturated carbocycles. The second kappa shape index (κ2) is 29.5. The number of benzene rings is 12. The second-order valence-electron chi connectivity index (χ2n) is 22.4. The van der Waals surface area contributed by atoms with Crippen molar-refractivity contribution in [2.45, 2.75) is 105 Å². The van der Waals surface area contributed by atoms with Gasteiger partial charge in [-0.15, -0.1) is 0 Å². The molecule has 0 spiro atoms. The van der Waals surface area contributed by atoms with E-state index in [-0.39, 0.29) is 38.1 Å². The zero-order chi connectivity index (χ0) is 60.5. The Bertz CT molecular complexity index is 3910. The SMILES string of the molecule is CC(C)(C)c1ccc([S+](c2ccccc2)c2ccc(Oc3ccccc3)cc2)cc1.Cc1ccc(Oc2ccc([S+](c3ccc(C)cc3)c3ccc(C)cc3)cc2)cc1.Cc1ccc([S+](c2ccc(C)cc2)c2ccc(Oc3ccccc3)cc2)cc1. The normalized spacial score (nSPS) is 11.4. The van der Waals surface area contributed by atoms with E-state index in [1.807, 2.05) is 72.8 Å². The van der Waals surface area contributed by atoms with Crippen molar-refractivity contribution in [1.82, 2.24) is 0 Å². The van der Waals surface area contributed by atoms with Crippen LogP contribution in [0.1, 0.15) is 54.2 Å². The van der Waals surface area contributed by atoms with Crippen LogP contribution < -0.4 is 14.2 Å². The van der Waals surface area contributed by atoms with Gasteiger partial charge in [0.2, 0.25) is 0 Å². The summed E-state index contributed by atoms with van der Waals surface area (Å²) >= 11 is 0. The van der Waals surface area contributed by atoms with Crippen LogP contribution in [0.4, 0.5) is 0 Å². The third kappa shape index (κ3) is 17.2. The van der Waals surface area contributed by atoms with E-state index < -0.39 is 0 Å². The number of hydrogen-bond acceptors (Lipinski definition) is 3. The topological polar surface area (TPSA) is 27.7 Å². The molecule has 0 bridgehead atoms. The molecule has 0 aromatic heterocycles. The fourth-order valence-electron chi connectivity index (χ4n) is 9.49. The summed E-state index contributed by atoms with van der Waals surface area (Å²) < 4.78 is 18.0. The van der Waals surface area contributed by atoms with Crippen LogP contribution in [0, 0.1) is 34.6 Å². The molecule has 87 heavy (non-hydrogen) atoms. The first kappa shape index (κ1) is 61.2. The van der Waals surface area contributed by atoms with Crippen molar-refractivity contribution in [3.63, 3.8) is 0 Å². The van der Waals surface area contributed by atoms with Gasteiger partial charge in [-0.2, -0.15) is 0 Å². The van der Waals surface area contributed by atoms with Gasteiger partial charge >= 0.3 is 0 Å². The molecule has 0 aliphatic heterocycles. The van der Waals surface area contributed by atoms with Crippen LogP contribution >= 0.6 is 0 Å². The lowest BCUT2D eigenvalue weighted by atomic mass is 9.87. The number of aryl methyl sites for hydroxylation is 5. The van der Waals surface area contributed by atoms with Crippen molar-refractivity contribution in [3.05, 3.63) is 343 Å². The van der Waals surface area contributed by atoms with Gasteiger partial charge in [0.25, 0.3) is 0 Å². The van der Waals surface area contributed by atoms with E-state index in [1.54, 1.807) is 0 Å². The highest BCUT2D eigenvalue weighted by Crippen LogP contribution is 2.37. The van der Waals surface area contributed by atoms with Crippen LogP contribution in [-0.2, 0) is 38.1 Å². The van der Waals surface area contributed by atoms with Gasteiger partial charge in [0.1, 0.15) is 34.5 Å². The summed E-state index contributed by atoms with van der Waals surface area (Å²) in [5.74, 6) is 5.13. The van der Waals surface area contributed by atoms with E-state index in [0.29, 0.717) is 0 Å². The van der Waals surface area contributed by atoms with Crippen molar-refractivity contribution in [3.8, 4) is 34.5 Å². The van der Waals surface area contributed by atoms with Crippen molar-refractivity contribution in [2.24, 2.45) is 0 Å². The Morgan fingerprint density at radius 1 is 0.195 bits per heavy atom. The van der Waals surface area contributed by atoms with Crippen LogP contribution in [0.3, 0.4) is 0 Å². The molecule has 6 heteroatoms. The number of ether oxygens (including phenoxy) is 3. The largest absolute Gasteiger partial charge is 0.457 e. The van der Waals surface area contributed by atoms with E-state index in [0.717, 1.165) is 34.5 Å². The lowest BCUT2D eigenvalue weighted by molar-refractivity contribution is 0.482. The lowest BCUT2D eigenvalue weighted by Gasteiger charge is -2.19. The molecule has 0 aliphatic rings. The Hall–Kier alpha value is -8.91. The molecule has 3 nitrogen and oxygen atoms in total. The van der Waals surface area contributed by atoms with Gasteiger partial charge in [0.15, 0.2) is 44.1 Å². The Kier molecular flexibility index (Phi) is 20.7. The van der Waals surface area contributed by atoms with Gasteiger partial charge < -0.3 is 14.2 Å². The molecule has 12 aromatic carbocycles. The summed E-state index contributed by atoms with van der Waals surface area (Å²) in [6, 6.07) is 109. The number of rotatable bonds is 15. The summed E-state index contributed by atoms with van der Waals surface area (Å²) in [6.45, 7) is 17.4. The van der Waals surface area contributed by atoms with E-state index in [4.69, 9.17) is 14.2 Å². The van der Waals surface area contributed by atoms with Gasteiger partial charge in [0, 0.05) is 0 Å². The molecular formula is C81H75O3S3+3. The average molecular weight is 1190 g/mol. The van der Waals surface area contributed by atoms with Crippen LogP contribution in [0.5, 0.6) is 34.5 Å². The Morgan fingerprint density at radius 3 is 0.609 bits per heavy atom. The minimum absolute atomic E-state index is 0.141. The Labute approximate surface area is 525 Å². The predicted octanol–water partition coefficient (Wildman–Crippen LogP) is 22.6. The van der Waals surface area contributed by atoms with Gasteiger partial charge in [-0.05, 0) is 228 Å². The molecular weight excluding hydrogens is 1120 g/mol. The zero-order valence-electron chi connectivity index (χ0n) is 50.9. The third-order valence-corrected chi connectivity index (χ3v) is 21.0. The minimum Gasteiger partial charge on any atom is -0.457 e. The van der Waals surface area contributed by atoms with E-state index in [9.17, 15) is 0 Å². The van der Waals surface area contributed by atoms with Gasteiger partial charge in [0.05, 0.1) is 32.7 Å². The quantitative estimate of drug-likeness (QED) is 0.0958. The second-order valence-corrected chi connectivity index (χ2v) is 28.5. The highest BCUT2D eigenvalue weighted by atomic mass is 32.2. The van der Waals surface area contributed by atoms with Crippen LogP contribution in [-0.4, -0.2) is 0 Å².